The van der Waals surface area contributed by atoms with Crippen molar-refractivity contribution in [2.75, 3.05) is 22.9 Å². The summed E-state index contributed by atoms with van der Waals surface area (Å²) in [7, 11) is -2.31. The summed E-state index contributed by atoms with van der Waals surface area (Å²) in [5.74, 6) is -0.722. The molecule has 0 aliphatic heterocycles. The van der Waals surface area contributed by atoms with E-state index in [1.807, 2.05) is 12.3 Å². The number of carbonyl (C=O) groups excluding carboxylic acids is 2. The Labute approximate surface area is 225 Å². The summed E-state index contributed by atoms with van der Waals surface area (Å²) in [6.45, 7) is 0. The van der Waals surface area contributed by atoms with Crippen molar-refractivity contribution >= 4 is 56.5 Å². The predicted octanol–water partition coefficient (Wildman–Crippen LogP) is 6.37. The molecule has 0 aliphatic carbocycles. The largest absolute Gasteiger partial charge is 0.321 e. The first-order chi connectivity index (χ1) is 17.7. The molecule has 9 heteroatoms. The maximum absolute atomic E-state index is 13.0. The fraction of sp³-hybridized carbons (Fsp3) is 0.0714. The molecule has 0 heterocycles. The molecule has 0 saturated carbocycles. The molecule has 0 bridgehead atoms. The highest BCUT2D eigenvalue weighted by atomic mass is 35.5. The average molecular weight is 551 g/mol. The van der Waals surface area contributed by atoms with Crippen LogP contribution in [-0.4, -0.2) is 33.4 Å². The van der Waals surface area contributed by atoms with Crippen LogP contribution in [0.3, 0.4) is 0 Å². The highest BCUT2D eigenvalue weighted by Crippen LogP contribution is 2.26. The Morgan fingerprint density at radius 2 is 1.49 bits per heavy atom. The molecular formula is C28H23ClN2O4S2. The molecule has 1 N–H and O–H groups in total. The van der Waals surface area contributed by atoms with Crippen molar-refractivity contribution in [1.82, 2.24) is 0 Å². The molecule has 0 atom stereocenters. The van der Waals surface area contributed by atoms with E-state index in [4.69, 9.17) is 11.6 Å². The minimum Gasteiger partial charge on any atom is -0.321 e. The molecule has 4 aromatic carbocycles. The van der Waals surface area contributed by atoms with Gasteiger partial charge in [-0.1, -0.05) is 41.9 Å². The molecular weight excluding hydrogens is 528 g/mol. The molecule has 4 rings (SSSR count). The maximum atomic E-state index is 13.0. The van der Waals surface area contributed by atoms with Crippen molar-refractivity contribution in [2.24, 2.45) is 0 Å². The number of benzene rings is 4. The van der Waals surface area contributed by atoms with Crippen molar-refractivity contribution in [1.29, 1.82) is 0 Å². The second-order valence-corrected chi connectivity index (χ2v) is 11.3. The van der Waals surface area contributed by atoms with Gasteiger partial charge in [0, 0.05) is 33.7 Å². The van der Waals surface area contributed by atoms with Crippen LogP contribution >= 0.6 is 23.4 Å². The summed E-state index contributed by atoms with van der Waals surface area (Å²) in [5.41, 5.74) is 1.75. The second-order valence-electron chi connectivity index (χ2n) is 8.03. The van der Waals surface area contributed by atoms with Crippen molar-refractivity contribution < 1.29 is 18.0 Å². The zero-order valence-corrected chi connectivity index (χ0v) is 22.4. The molecule has 4 aromatic rings. The normalized spacial score (nSPS) is 11.1. The van der Waals surface area contributed by atoms with Gasteiger partial charge in [-0.05, 0) is 73.0 Å². The first kappa shape index (κ1) is 26.5. The zero-order valence-electron chi connectivity index (χ0n) is 20.0. The van der Waals surface area contributed by atoms with Gasteiger partial charge in [0.15, 0.2) is 5.78 Å². The Hall–Kier alpha value is -3.59. The number of amides is 1. The number of hydrogen-bond acceptors (Lipinski definition) is 5. The Bertz CT molecular complexity index is 1540. The standard InChI is InChI=1S/C28H23ClN2O4S2/c1-31(37(34,35)24-15-13-23(36-2)14-16-24)22-11-8-20(9-12-22)28(33)30-26-17-10-21(29)18-25(26)27(32)19-6-4-3-5-7-19/h3-18H,1-2H3,(H,30,33). The van der Waals surface area contributed by atoms with Gasteiger partial charge in [-0.15, -0.1) is 11.8 Å². The Morgan fingerprint density at radius 3 is 2.11 bits per heavy atom. The number of nitrogens with zero attached hydrogens (tertiary/aromatic N) is 1. The van der Waals surface area contributed by atoms with Crippen LogP contribution in [0.2, 0.25) is 5.02 Å². The molecule has 37 heavy (non-hydrogen) atoms. The number of thioether (sulfide) groups is 1. The van der Waals surface area contributed by atoms with Crippen LogP contribution in [0, 0.1) is 0 Å². The van der Waals surface area contributed by atoms with Crippen molar-refractivity contribution in [3.05, 3.63) is 119 Å². The fourth-order valence-electron chi connectivity index (χ4n) is 3.62. The lowest BCUT2D eigenvalue weighted by Crippen LogP contribution is -2.26. The topological polar surface area (TPSA) is 83.6 Å². The predicted molar refractivity (Wildman–Crippen MR) is 150 cm³/mol. The first-order valence-electron chi connectivity index (χ1n) is 11.1. The van der Waals surface area contributed by atoms with E-state index in [0.29, 0.717) is 27.5 Å². The van der Waals surface area contributed by atoms with Gasteiger partial charge in [-0.25, -0.2) is 8.42 Å². The van der Waals surface area contributed by atoms with E-state index in [1.165, 1.54) is 41.3 Å². The fourth-order valence-corrected chi connectivity index (χ4v) is 5.40. The van der Waals surface area contributed by atoms with Gasteiger partial charge >= 0.3 is 0 Å². The van der Waals surface area contributed by atoms with Crippen LogP contribution < -0.4 is 9.62 Å². The van der Waals surface area contributed by atoms with Crippen molar-refractivity contribution in [3.63, 3.8) is 0 Å². The lowest BCUT2D eigenvalue weighted by molar-refractivity contribution is 0.102. The molecule has 188 valence electrons. The van der Waals surface area contributed by atoms with Gasteiger partial charge in [0.1, 0.15) is 0 Å². The summed E-state index contributed by atoms with van der Waals surface area (Å²) >= 11 is 7.65. The highest BCUT2D eigenvalue weighted by Gasteiger charge is 2.22. The molecule has 1 amide bonds. The summed E-state index contributed by atoms with van der Waals surface area (Å²) < 4.78 is 27.2. The zero-order chi connectivity index (χ0) is 26.6. The molecule has 0 unspecified atom stereocenters. The van der Waals surface area contributed by atoms with Crippen molar-refractivity contribution in [2.45, 2.75) is 9.79 Å². The molecule has 0 spiro atoms. The Kier molecular flexibility index (Phi) is 8.02. The van der Waals surface area contributed by atoms with Gasteiger partial charge < -0.3 is 5.32 Å². The molecule has 0 aliphatic rings. The first-order valence-corrected chi connectivity index (χ1v) is 14.2. The highest BCUT2D eigenvalue weighted by molar-refractivity contribution is 7.98. The van der Waals surface area contributed by atoms with Gasteiger partial charge in [0.2, 0.25) is 0 Å². The summed E-state index contributed by atoms with van der Waals surface area (Å²) in [4.78, 5) is 27.1. The van der Waals surface area contributed by atoms with E-state index >= 15 is 0 Å². The van der Waals surface area contributed by atoms with Crippen LogP contribution in [-0.2, 0) is 10.0 Å². The number of rotatable bonds is 8. The number of nitrogens with one attached hydrogen (secondary N) is 1. The van der Waals surface area contributed by atoms with Gasteiger partial charge in [0.05, 0.1) is 16.3 Å². The second kappa shape index (κ2) is 11.2. The molecule has 0 saturated heterocycles. The third-order valence-corrected chi connectivity index (χ3v) is 8.50. The molecule has 6 nitrogen and oxygen atoms in total. The Balaban J connectivity index is 1.54. The molecule has 0 radical (unpaired) electrons. The van der Waals surface area contributed by atoms with Gasteiger partial charge in [0.25, 0.3) is 15.9 Å². The minimum atomic E-state index is -3.77. The van der Waals surface area contributed by atoms with Crippen LogP contribution in [0.25, 0.3) is 0 Å². The number of ketones is 1. The smallest absolute Gasteiger partial charge is 0.264 e. The van der Waals surface area contributed by atoms with Crippen LogP contribution in [0.15, 0.2) is 107 Å². The third kappa shape index (κ3) is 5.88. The molecule has 0 fully saturated rings. The monoisotopic (exact) mass is 550 g/mol. The van der Waals surface area contributed by atoms with E-state index < -0.39 is 15.9 Å². The lowest BCUT2D eigenvalue weighted by atomic mass is 10.0. The van der Waals surface area contributed by atoms with E-state index in [2.05, 4.69) is 5.32 Å². The van der Waals surface area contributed by atoms with Crippen molar-refractivity contribution in [3.8, 4) is 0 Å². The van der Waals surface area contributed by atoms with Crippen LogP contribution in [0.5, 0.6) is 0 Å². The number of carbonyl (C=O) groups is 2. The SMILES string of the molecule is CSc1ccc(S(=O)(=O)N(C)c2ccc(C(=O)Nc3ccc(Cl)cc3C(=O)c3ccccc3)cc2)cc1. The Morgan fingerprint density at radius 1 is 0.838 bits per heavy atom. The average Bonchev–Trinajstić information content (AvgIpc) is 2.93. The molecule has 0 aromatic heterocycles. The van der Waals surface area contributed by atoms with Gasteiger partial charge in [-0.3, -0.25) is 13.9 Å². The van der Waals surface area contributed by atoms with E-state index in [0.717, 1.165) is 4.90 Å². The maximum Gasteiger partial charge on any atom is 0.264 e. The number of anilines is 2. The van der Waals surface area contributed by atoms with E-state index in [1.54, 1.807) is 72.8 Å². The summed E-state index contributed by atoms with van der Waals surface area (Å²) in [5, 5.41) is 3.14. The lowest BCUT2D eigenvalue weighted by Gasteiger charge is -2.20. The van der Waals surface area contributed by atoms with E-state index in [-0.39, 0.29) is 16.2 Å². The van der Waals surface area contributed by atoms with Crippen LogP contribution in [0.4, 0.5) is 11.4 Å². The number of halogens is 1. The number of hydrogen-bond donors (Lipinski definition) is 1. The van der Waals surface area contributed by atoms with E-state index in [9.17, 15) is 18.0 Å². The number of sulfonamides is 1. The quantitative estimate of drug-likeness (QED) is 0.203. The minimum absolute atomic E-state index is 0.174. The summed E-state index contributed by atoms with van der Waals surface area (Å²) in [6, 6.07) is 26.2. The van der Waals surface area contributed by atoms with Crippen LogP contribution in [0.1, 0.15) is 26.3 Å². The summed E-state index contributed by atoms with van der Waals surface area (Å²) in [6.07, 6.45) is 1.92. The third-order valence-electron chi connectivity index (χ3n) is 5.72. The van der Waals surface area contributed by atoms with Gasteiger partial charge in [-0.2, -0.15) is 0 Å².